The van der Waals surface area contributed by atoms with Gasteiger partial charge in [0.05, 0.1) is 6.54 Å². The summed E-state index contributed by atoms with van der Waals surface area (Å²) in [5, 5.41) is 8.94. The molecule has 0 aliphatic heterocycles. The number of unbranched alkanes of at least 4 members (excludes halogenated alkanes) is 1. The van der Waals surface area contributed by atoms with Gasteiger partial charge in [0.15, 0.2) is 0 Å². The van der Waals surface area contributed by atoms with Crippen molar-refractivity contribution in [3.05, 3.63) is 35.4 Å². The number of carbonyl (C=O) groups excluding carboxylic acids is 2. The monoisotopic (exact) mass is 317 g/mol. The van der Waals surface area contributed by atoms with Crippen molar-refractivity contribution >= 4 is 11.8 Å². The van der Waals surface area contributed by atoms with Gasteiger partial charge in [-0.05, 0) is 49.4 Å². The molecule has 5 nitrogen and oxygen atoms in total. The highest BCUT2D eigenvalue weighted by Crippen LogP contribution is 2.27. The van der Waals surface area contributed by atoms with Crippen molar-refractivity contribution in [3.8, 4) is 0 Å². The highest BCUT2D eigenvalue weighted by atomic mass is 16.2. The predicted molar refractivity (Wildman–Crippen MR) is 91.1 cm³/mol. The van der Waals surface area contributed by atoms with Gasteiger partial charge in [0, 0.05) is 18.7 Å². The van der Waals surface area contributed by atoms with E-state index in [1.807, 2.05) is 12.1 Å². The standard InChI is InChI=1S/C18H27N3O2/c1-2-3-10-20-18(23)16-8-6-15(7-9-16)12-21-17(22)13-19-11-14-4-5-14/h6-9,14,19H,2-5,10-13H2,1H3,(H,20,23)(H,21,22). The van der Waals surface area contributed by atoms with Crippen LogP contribution in [0.3, 0.4) is 0 Å². The second-order valence-corrected chi connectivity index (χ2v) is 6.16. The molecule has 1 aliphatic rings. The van der Waals surface area contributed by atoms with Gasteiger partial charge in [-0.3, -0.25) is 9.59 Å². The van der Waals surface area contributed by atoms with E-state index < -0.39 is 0 Å². The molecule has 23 heavy (non-hydrogen) atoms. The average Bonchev–Trinajstić information content (AvgIpc) is 3.38. The van der Waals surface area contributed by atoms with Gasteiger partial charge >= 0.3 is 0 Å². The number of hydrogen-bond donors (Lipinski definition) is 3. The molecule has 1 fully saturated rings. The van der Waals surface area contributed by atoms with Crippen molar-refractivity contribution in [1.82, 2.24) is 16.0 Å². The summed E-state index contributed by atoms with van der Waals surface area (Å²) in [6, 6.07) is 7.36. The first-order valence-electron chi connectivity index (χ1n) is 8.53. The van der Waals surface area contributed by atoms with Crippen LogP contribution in [0.15, 0.2) is 24.3 Å². The molecule has 0 unspecified atom stereocenters. The fraction of sp³-hybridized carbons (Fsp3) is 0.556. The van der Waals surface area contributed by atoms with Gasteiger partial charge in [0.25, 0.3) is 5.91 Å². The molecule has 1 aliphatic carbocycles. The Morgan fingerprint density at radius 1 is 1.13 bits per heavy atom. The second-order valence-electron chi connectivity index (χ2n) is 6.16. The van der Waals surface area contributed by atoms with Gasteiger partial charge in [-0.1, -0.05) is 25.5 Å². The molecule has 1 saturated carbocycles. The maximum atomic E-state index is 11.9. The third-order valence-corrected chi connectivity index (χ3v) is 3.94. The normalized spacial score (nSPS) is 13.6. The summed E-state index contributed by atoms with van der Waals surface area (Å²) in [5.41, 5.74) is 1.65. The number of carbonyl (C=O) groups is 2. The molecular formula is C18H27N3O2. The van der Waals surface area contributed by atoms with E-state index in [9.17, 15) is 9.59 Å². The minimum absolute atomic E-state index is 0.00651. The van der Waals surface area contributed by atoms with Gasteiger partial charge in [-0.25, -0.2) is 0 Å². The molecule has 2 amide bonds. The van der Waals surface area contributed by atoms with Crippen molar-refractivity contribution in [2.24, 2.45) is 5.92 Å². The molecule has 0 radical (unpaired) electrons. The highest BCUT2D eigenvalue weighted by Gasteiger charge is 2.20. The van der Waals surface area contributed by atoms with E-state index in [0.717, 1.165) is 30.9 Å². The number of nitrogens with one attached hydrogen (secondary N) is 3. The molecule has 0 heterocycles. The van der Waals surface area contributed by atoms with E-state index in [2.05, 4.69) is 22.9 Å². The highest BCUT2D eigenvalue weighted by molar-refractivity contribution is 5.94. The summed E-state index contributed by atoms with van der Waals surface area (Å²) in [4.78, 5) is 23.6. The number of benzene rings is 1. The van der Waals surface area contributed by atoms with E-state index in [-0.39, 0.29) is 11.8 Å². The van der Waals surface area contributed by atoms with Crippen LogP contribution in [-0.4, -0.2) is 31.4 Å². The van der Waals surface area contributed by atoms with Gasteiger partial charge in [-0.15, -0.1) is 0 Å². The van der Waals surface area contributed by atoms with Crippen molar-refractivity contribution < 1.29 is 9.59 Å². The quantitative estimate of drug-likeness (QED) is 0.577. The van der Waals surface area contributed by atoms with Gasteiger partial charge in [-0.2, -0.15) is 0 Å². The SMILES string of the molecule is CCCCNC(=O)c1ccc(CNC(=O)CNCC2CC2)cc1. The molecule has 0 aromatic heterocycles. The first-order chi connectivity index (χ1) is 11.2. The first kappa shape index (κ1) is 17.5. The Kier molecular flexibility index (Phi) is 7.07. The number of hydrogen-bond acceptors (Lipinski definition) is 3. The lowest BCUT2D eigenvalue weighted by atomic mass is 10.1. The third-order valence-electron chi connectivity index (χ3n) is 3.94. The Labute approximate surface area is 138 Å². The molecule has 1 aromatic rings. The first-order valence-corrected chi connectivity index (χ1v) is 8.53. The zero-order valence-electron chi connectivity index (χ0n) is 13.9. The topological polar surface area (TPSA) is 70.2 Å². The van der Waals surface area contributed by atoms with Crippen LogP contribution in [0.2, 0.25) is 0 Å². The minimum Gasteiger partial charge on any atom is -0.352 e. The molecule has 3 N–H and O–H groups in total. The zero-order valence-corrected chi connectivity index (χ0v) is 13.9. The van der Waals surface area contributed by atoms with Crippen molar-refractivity contribution in [2.45, 2.75) is 39.2 Å². The van der Waals surface area contributed by atoms with Crippen LogP contribution in [-0.2, 0) is 11.3 Å². The molecule has 0 saturated heterocycles. The number of rotatable bonds is 10. The smallest absolute Gasteiger partial charge is 0.251 e. The fourth-order valence-corrected chi connectivity index (χ4v) is 2.23. The molecule has 0 bridgehead atoms. The molecular weight excluding hydrogens is 290 g/mol. The molecule has 0 spiro atoms. The van der Waals surface area contributed by atoms with E-state index in [0.29, 0.717) is 25.2 Å². The fourth-order valence-electron chi connectivity index (χ4n) is 2.23. The van der Waals surface area contributed by atoms with E-state index in [1.165, 1.54) is 12.8 Å². The van der Waals surface area contributed by atoms with Crippen LogP contribution < -0.4 is 16.0 Å². The summed E-state index contributed by atoms with van der Waals surface area (Å²) in [7, 11) is 0. The lowest BCUT2D eigenvalue weighted by molar-refractivity contribution is -0.120. The van der Waals surface area contributed by atoms with Crippen LogP contribution in [0.5, 0.6) is 0 Å². The van der Waals surface area contributed by atoms with Gasteiger partial charge < -0.3 is 16.0 Å². The van der Waals surface area contributed by atoms with Gasteiger partial charge in [0.1, 0.15) is 0 Å². The van der Waals surface area contributed by atoms with Crippen molar-refractivity contribution in [2.75, 3.05) is 19.6 Å². The van der Waals surface area contributed by atoms with Crippen molar-refractivity contribution in [3.63, 3.8) is 0 Å². The summed E-state index contributed by atoms with van der Waals surface area (Å²) >= 11 is 0. The molecule has 2 rings (SSSR count). The van der Waals surface area contributed by atoms with Crippen LogP contribution in [0, 0.1) is 5.92 Å². The van der Waals surface area contributed by atoms with Crippen molar-refractivity contribution in [1.29, 1.82) is 0 Å². The zero-order chi connectivity index (χ0) is 16.5. The molecule has 1 aromatic carbocycles. The molecule has 0 atom stereocenters. The summed E-state index contributed by atoms with van der Waals surface area (Å²) in [6.07, 6.45) is 4.62. The maximum Gasteiger partial charge on any atom is 0.251 e. The Morgan fingerprint density at radius 3 is 2.52 bits per heavy atom. The Bertz CT molecular complexity index is 510. The largest absolute Gasteiger partial charge is 0.352 e. The maximum absolute atomic E-state index is 11.9. The Hall–Kier alpha value is -1.88. The second kappa shape index (κ2) is 9.30. The minimum atomic E-state index is -0.0432. The summed E-state index contributed by atoms with van der Waals surface area (Å²) < 4.78 is 0. The summed E-state index contributed by atoms with van der Waals surface area (Å²) in [6.45, 7) is 4.60. The lowest BCUT2D eigenvalue weighted by Crippen LogP contribution is -2.34. The lowest BCUT2D eigenvalue weighted by Gasteiger charge is -2.08. The number of amides is 2. The Balaban J connectivity index is 1.67. The van der Waals surface area contributed by atoms with E-state index in [1.54, 1.807) is 12.1 Å². The predicted octanol–water partition coefficient (Wildman–Crippen LogP) is 1.83. The van der Waals surface area contributed by atoms with E-state index >= 15 is 0 Å². The van der Waals surface area contributed by atoms with Crippen LogP contribution in [0.1, 0.15) is 48.5 Å². The Morgan fingerprint density at radius 2 is 1.87 bits per heavy atom. The van der Waals surface area contributed by atoms with Crippen LogP contribution >= 0.6 is 0 Å². The van der Waals surface area contributed by atoms with Gasteiger partial charge in [0.2, 0.25) is 5.91 Å². The third kappa shape index (κ3) is 6.82. The van der Waals surface area contributed by atoms with E-state index in [4.69, 9.17) is 0 Å². The average molecular weight is 317 g/mol. The van der Waals surface area contributed by atoms with Crippen LogP contribution in [0.25, 0.3) is 0 Å². The molecule has 5 heteroatoms. The molecule has 126 valence electrons. The summed E-state index contributed by atoms with van der Waals surface area (Å²) in [5.74, 6) is 0.740. The van der Waals surface area contributed by atoms with Crippen LogP contribution in [0.4, 0.5) is 0 Å².